The third-order valence-electron chi connectivity index (χ3n) is 1.45. The minimum Gasteiger partial charge on any atom is -0.545 e. The van der Waals surface area contributed by atoms with Gasteiger partial charge in [-0.05, 0) is 17.7 Å². The summed E-state index contributed by atoms with van der Waals surface area (Å²) < 4.78 is 35.9. The summed E-state index contributed by atoms with van der Waals surface area (Å²) in [6.45, 7) is 0. The molecule has 6 heteroatoms. The first-order valence-corrected chi connectivity index (χ1v) is 3.30. The molecule has 0 saturated heterocycles. The number of carboxylic acid groups (broad SMARTS) is 1. The molecule has 0 aliphatic rings. The molecule has 0 saturated carbocycles. The van der Waals surface area contributed by atoms with Crippen LogP contribution in [0.15, 0.2) is 24.3 Å². The van der Waals surface area contributed by atoms with E-state index in [1.54, 1.807) is 0 Å². The van der Waals surface area contributed by atoms with Crippen LogP contribution in [0.25, 0.3) is 0 Å². The van der Waals surface area contributed by atoms with E-state index in [2.05, 4.69) is 0 Å². The number of halogens is 3. The first-order chi connectivity index (χ1) is 5.91. The molecule has 0 atom stereocenters. The Hall–Kier alpha value is -0.520. The van der Waals surface area contributed by atoms with Gasteiger partial charge in [0.05, 0.1) is 11.5 Å². The Morgan fingerprint density at radius 1 is 1.14 bits per heavy atom. The zero-order chi connectivity index (χ0) is 10.1. The molecule has 0 unspecified atom stereocenters. The predicted molar refractivity (Wildman–Crippen MR) is 35.8 cm³/mol. The van der Waals surface area contributed by atoms with Crippen molar-refractivity contribution in [2.24, 2.45) is 0 Å². The Kier molecular flexibility index (Phi) is 4.64. The van der Waals surface area contributed by atoms with E-state index >= 15 is 0 Å². The monoisotopic (exact) mass is 212 g/mol. The van der Waals surface area contributed by atoms with Gasteiger partial charge in [-0.1, -0.05) is 12.1 Å². The number of carboxylic acids is 1. The van der Waals surface area contributed by atoms with Crippen LogP contribution in [-0.4, -0.2) is 5.97 Å². The van der Waals surface area contributed by atoms with Crippen LogP contribution in [0.1, 0.15) is 15.9 Å². The molecule has 0 radical (unpaired) electrons. The van der Waals surface area contributed by atoms with Crippen LogP contribution in [-0.2, 0) is 6.18 Å². The molecule has 0 N–H and O–H groups in total. The fraction of sp³-hybridized carbons (Fsp3) is 0.125. The first-order valence-electron chi connectivity index (χ1n) is 3.30. The van der Waals surface area contributed by atoms with Crippen LogP contribution in [0.4, 0.5) is 13.2 Å². The summed E-state index contributed by atoms with van der Waals surface area (Å²) in [5.74, 6) is -1.49. The molecule has 0 aromatic heterocycles. The topological polar surface area (TPSA) is 40.1 Å². The molecule has 0 heterocycles. The molecule has 1 aromatic rings. The zero-order valence-corrected chi connectivity index (χ0v) is 9.26. The molecule has 1 rings (SSSR count). The maximum atomic E-state index is 12.0. The summed E-state index contributed by atoms with van der Waals surface area (Å²) in [5.41, 5.74) is -1.15. The molecule has 1 aromatic carbocycles. The second-order valence-electron chi connectivity index (χ2n) is 2.36. The minimum atomic E-state index is -4.44. The maximum Gasteiger partial charge on any atom is 1.00 e. The Bertz CT molecular complexity index is 318. The minimum absolute atomic E-state index is 0. The smallest absolute Gasteiger partial charge is 0.545 e. The van der Waals surface area contributed by atoms with E-state index in [4.69, 9.17) is 0 Å². The number of carbonyl (C=O) groups excluding carboxylic acids is 1. The van der Waals surface area contributed by atoms with Crippen molar-refractivity contribution in [3.05, 3.63) is 35.4 Å². The van der Waals surface area contributed by atoms with Crippen molar-refractivity contribution in [1.82, 2.24) is 0 Å². The number of benzene rings is 1. The largest absolute Gasteiger partial charge is 1.00 e. The van der Waals surface area contributed by atoms with Gasteiger partial charge in [0, 0.05) is 0 Å². The third-order valence-corrected chi connectivity index (χ3v) is 1.45. The van der Waals surface area contributed by atoms with Crippen molar-refractivity contribution in [1.29, 1.82) is 0 Å². The quantitative estimate of drug-likeness (QED) is 0.509. The van der Waals surface area contributed by atoms with Crippen LogP contribution >= 0.6 is 0 Å². The van der Waals surface area contributed by atoms with Gasteiger partial charge in [0.25, 0.3) is 0 Å². The summed E-state index contributed by atoms with van der Waals surface area (Å²) in [6, 6.07) is 3.12. The average Bonchev–Trinajstić information content (AvgIpc) is 2.03. The van der Waals surface area contributed by atoms with Gasteiger partial charge in [0.15, 0.2) is 0 Å². The van der Waals surface area contributed by atoms with Crippen LogP contribution in [0.3, 0.4) is 0 Å². The summed E-state index contributed by atoms with van der Waals surface area (Å²) in [6.07, 6.45) is -4.44. The molecule has 0 fully saturated rings. The number of hydrogen-bond acceptors (Lipinski definition) is 2. The van der Waals surface area contributed by atoms with E-state index < -0.39 is 17.7 Å². The molecular formula is C8H4F3NaO2. The number of alkyl halides is 3. The standard InChI is InChI=1S/C8H5F3O2.Na/c9-8(10,11)6-3-1-5(2-4-6)7(12)13;/h1-4H,(H,12,13);/q;+1/p-1. The van der Waals surface area contributed by atoms with Gasteiger partial charge in [-0.3, -0.25) is 0 Å². The molecular weight excluding hydrogens is 208 g/mol. The summed E-state index contributed by atoms with van der Waals surface area (Å²) in [5, 5.41) is 10.2. The number of aromatic carboxylic acids is 1. The summed E-state index contributed by atoms with van der Waals surface area (Å²) >= 11 is 0. The maximum absolute atomic E-state index is 12.0. The fourth-order valence-electron chi connectivity index (χ4n) is 0.795. The van der Waals surface area contributed by atoms with Gasteiger partial charge in [0.1, 0.15) is 0 Å². The Morgan fingerprint density at radius 2 is 1.57 bits per heavy atom. The Balaban J connectivity index is 0.00000169. The van der Waals surface area contributed by atoms with Crippen LogP contribution in [0.2, 0.25) is 0 Å². The van der Waals surface area contributed by atoms with Gasteiger partial charge in [0.2, 0.25) is 0 Å². The third kappa shape index (κ3) is 3.32. The van der Waals surface area contributed by atoms with Gasteiger partial charge < -0.3 is 9.90 Å². The number of rotatable bonds is 1. The van der Waals surface area contributed by atoms with Gasteiger partial charge >= 0.3 is 35.7 Å². The molecule has 0 aliphatic carbocycles. The second-order valence-corrected chi connectivity index (χ2v) is 2.36. The van der Waals surface area contributed by atoms with Gasteiger partial charge in [-0.25, -0.2) is 0 Å². The summed E-state index contributed by atoms with van der Waals surface area (Å²) in [4.78, 5) is 10.2. The fourth-order valence-corrected chi connectivity index (χ4v) is 0.795. The van der Waals surface area contributed by atoms with E-state index in [0.29, 0.717) is 12.1 Å². The number of hydrogen-bond donors (Lipinski definition) is 0. The van der Waals surface area contributed by atoms with E-state index in [9.17, 15) is 23.1 Å². The van der Waals surface area contributed by atoms with E-state index in [1.165, 1.54) is 0 Å². The van der Waals surface area contributed by atoms with Crippen LogP contribution in [0, 0.1) is 0 Å². The molecule has 2 nitrogen and oxygen atoms in total. The predicted octanol–water partition coefficient (Wildman–Crippen LogP) is -1.93. The van der Waals surface area contributed by atoms with Crippen molar-refractivity contribution >= 4 is 5.97 Å². The van der Waals surface area contributed by atoms with Crippen molar-refractivity contribution in [2.75, 3.05) is 0 Å². The number of carbonyl (C=O) groups is 1. The average molecular weight is 212 g/mol. The van der Waals surface area contributed by atoms with Crippen LogP contribution < -0.4 is 34.7 Å². The first kappa shape index (κ1) is 13.5. The van der Waals surface area contributed by atoms with Crippen molar-refractivity contribution < 1.29 is 52.6 Å². The summed E-state index contributed by atoms with van der Waals surface area (Å²) in [7, 11) is 0. The van der Waals surface area contributed by atoms with E-state index in [1.807, 2.05) is 0 Å². The molecule has 0 aliphatic heterocycles. The molecule has 14 heavy (non-hydrogen) atoms. The van der Waals surface area contributed by atoms with Gasteiger partial charge in [-0.2, -0.15) is 13.2 Å². The molecule has 70 valence electrons. The SMILES string of the molecule is O=C([O-])c1ccc(C(F)(F)F)cc1.[Na+]. The normalized spacial score (nSPS) is 10.5. The Labute approximate surface area is 100 Å². The van der Waals surface area contributed by atoms with Gasteiger partial charge in [-0.15, -0.1) is 0 Å². The molecule has 0 spiro atoms. The Morgan fingerprint density at radius 3 is 1.86 bits per heavy atom. The van der Waals surface area contributed by atoms with Crippen molar-refractivity contribution in [2.45, 2.75) is 6.18 Å². The van der Waals surface area contributed by atoms with E-state index in [-0.39, 0.29) is 35.1 Å². The van der Waals surface area contributed by atoms with E-state index in [0.717, 1.165) is 12.1 Å². The van der Waals surface area contributed by atoms with Crippen molar-refractivity contribution in [3.8, 4) is 0 Å². The molecule has 0 bridgehead atoms. The van der Waals surface area contributed by atoms with Crippen LogP contribution in [0.5, 0.6) is 0 Å². The zero-order valence-electron chi connectivity index (χ0n) is 7.26. The second kappa shape index (κ2) is 4.82. The molecule has 0 amide bonds. The van der Waals surface area contributed by atoms with Crippen molar-refractivity contribution in [3.63, 3.8) is 0 Å².